The number of likely N-dealkylation sites (tertiary alicyclic amines) is 1. The highest BCUT2D eigenvalue weighted by Crippen LogP contribution is 2.25. The second-order valence-corrected chi connectivity index (χ2v) is 7.09. The van der Waals surface area contributed by atoms with Gasteiger partial charge in [-0.25, -0.2) is 0 Å². The molecule has 0 aliphatic carbocycles. The zero-order valence-electron chi connectivity index (χ0n) is 15.7. The van der Waals surface area contributed by atoms with Crippen molar-refractivity contribution in [2.24, 2.45) is 5.92 Å². The number of carbonyl (C=O) groups excluding carboxylic acids is 2. The Hall–Kier alpha value is -2.62. The molecule has 3 rings (SSSR count). The maximum absolute atomic E-state index is 13.0. The van der Waals surface area contributed by atoms with Gasteiger partial charge >= 0.3 is 0 Å². The van der Waals surface area contributed by atoms with E-state index in [-0.39, 0.29) is 17.7 Å². The number of hydrogen-bond acceptors (Lipinski definition) is 2. The van der Waals surface area contributed by atoms with Crippen LogP contribution in [0.2, 0.25) is 0 Å². The van der Waals surface area contributed by atoms with Crippen LogP contribution in [0.5, 0.6) is 0 Å². The molecule has 0 N–H and O–H groups in total. The number of rotatable bonds is 5. The minimum absolute atomic E-state index is 0.0400. The number of benzene rings is 2. The lowest BCUT2D eigenvalue weighted by atomic mass is 10.1. The van der Waals surface area contributed by atoms with Crippen LogP contribution in [-0.4, -0.2) is 29.8 Å². The van der Waals surface area contributed by atoms with Gasteiger partial charge in [0, 0.05) is 31.7 Å². The summed E-state index contributed by atoms with van der Waals surface area (Å²) in [4.78, 5) is 29.1. The molecule has 26 heavy (non-hydrogen) atoms. The van der Waals surface area contributed by atoms with Crippen LogP contribution < -0.4 is 4.90 Å². The fourth-order valence-corrected chi connectivity index (χ4v) is 3.60. The molecule has 0 saturated carbocycles. The molecule has 136 valence electrons. The summed E-state index contributed by atoms with van der Waals surface area (Å²) in [5, 5.41) is 0. The number of carbonyl (C=O) groups is 2. The monoisotopic (exact) mass is 350 g/mol. The van der Waals surface area contributed by atoms with Crippen LogP contribution in [0.25, 0.3) is 0 Å². The van der Waals surface area contributed by atoms with E-state index < -0.39 is 0 Å². The normalized spacial score (nSPS) is 16.8. The first-order valence-electron chi connectivity index (χ1n) is 9.19. The van der Waals surface area contributed by atoms with E-state index in [4.69, 9.17) is 0 Å². The van der Waals surface area contributed by atoms with Crippen molar-refractivity contribution in [1.82, 2.24) is 4.90 Å². The summed E-state index contributed by atoms with van der Waals surface area (Å²) in [7, 11) is 0. The molecule has 1 atom stereocenters. The number of nitrogens with zero attached hydrogens (tertiary/aromatic N) is 2. The lowest BCUT2D eigenvalue weighted by Gasteiger charge is -2.25. The highest BCUT2D eigenvalue weighted by molar-refractivity contribution is 5.99. The molecule has 2 aromatic rings. The minimum Gasteiger partial charge on any atom is -0.338 e. The molecule has 2 aromatic carbocycles. The van der Waals surface area contributed by atoms with Crippen LogP contribution in [0, 0.1) is 19.8 Å². The Labute approximate surface area is 155 Å². The van der Waals surface area contributed by atoms with Gasteiger partial charge in [-0.2, -0.15) is 0 Å². The van der Waals surface area contributed by atoms with Crippen molar-refractivity contribution in [1.29, 1.82) is 0 Å². The van der Waals surface area contributed by atoms with Gasteiger partial charge in [0.25, 0.3) is 0 Å². The fourth-order valence-electron chi connectivity index (χ4n) is 3.60. The molecular formula is C22H26N2O2. The van der Waals surface area contributed by atoms with Crippen molar-refractivity contribution >= 4 is 17.5 Å². The average Bonchev–Trinajstić information content (AvgIpc) is 2.96. The van der Waals surface area contributed by atoms with E-state index in [1.165, 1.54) is 5.56 Å². The Morgan fingerprint density at radius 1 is 1.12 bits per heavy atom. The zero-order chi connectivity index (χ0) is 18.7. The number of hydrogen-bond donors (Lipinski definition) is 0. The van der Waals surface area contributed by atoms with Gasteiger partial charge in [0.05, 0.1) is 5.92 Å². The molecule has 1 heterocycles. The lowest BCUT2D eigenvalue weighted by Crippen LogP contribution is -2.37. The van der Waals surface area contributed by atoms with Crippen LogP contribution in [0.4, 0.5) is 5.69 Å². The number of amides is 2. The van der Waals surface area contributed by atoms with Crippen molar-refractivity contribution in [3.8, 4) is 0 Å². The van der Waals surface area contributed by atoms with Crippen LogP contribution in [0.1, 0.15) is 30.0 Å². The van der Waals surface area contributed by atoms with E-state index in [1.807, 2.05) is 63.2 Å². The first-order chi connectivity index (χ1) is 12.5. The predicted octanol–water partition coefficient (Wildman–Crippen LogP) is 3.71. The van der Waals surface area contributed by atoms with Gasteiger partial charge in [0.1, 0.15) is 0 Å². The van der Waals surface area contributed by atoms with Crippen LogP contribution in [-0.2, 0) is 16.1 Å². The first kappa shape index (κ1) is 18.2. The summed E-state index contributed by atoms with van der Waals surface area (Å²) < 4.78 is 0. The molecule has 0 bridgehead atoms. The molecular weight excluding hydrogens is 324 g/mol. The summed E-state index contributed by atoms with van der Waals surface area (Å²) in [6, 6.07) is 16.1. The maximum atomic E-state index is 13.0. The van der Waals surface area contributed by atoms with Gasteiger partial charge < -0.3 is 9.80 Å². The highest BCUT2D eigenvalue weighted by atomic mass is 16.2. The second-order valence-electron chi connectivity index (χ2n) is 7.09. The van der Waals surface area contributed by atoms with Crippen LogP contribution in [0.15, 0.2) is 48.5 Å². The minimum atomic E-state index is -0.271. The Bertz CT molecular complexity index is 815. The summed E-state index contributed by atoms with van der Waals surface area (Å²) in [5.41, 5.74) is 4.32. The Morgan fingerprint density at radius 2 is 1.81 bits per heavy atom. The Balaban J connectivity index is 1.71. The summed E-state index contributed by atoms with van der Waals surface area (Å²) >= 11 is 0. The molecule has 4 nitrogen and oxygen atoms in total. The maximum Gasteiger partial charge on any atom is 0.232 e. The molecule has 2 amide bonds. The van der Waals surface area contributed by atoms with Gasteiger partial charge in [-0.05, 0) is 44.0 Å². The molecule has 1 fully saturated rings. The largest absolute Gasteiger partial charge is 0.338 e. The van der Waals surface area contributed by atoms with Crippen LogP contribution in [0.3, 0.4) is 0 Å². The van der Waals surface area contributed by atoms with Gasteiger partial charge in [-0.15, -0.1) is 0 Å². The molecule has 1 aliphatic heterocycles. The Kier molecular flexibility index (Phi) is 5.40. The van der Waals surface area contributed by atoms with Gasteiger partial charge in [0.2, 0.25) is 11.8 Å². The quantitative estimate of drug-likeness (QED) is 0.825. The third-order valence-corrected chi connectivity index (χ3v) is 4.92. The van der Waals surface area contributed by atoms with Crippen molar-refractivity contribution in [3.05, 3.63) is 65.2 Å². The Morgan fingerprint density at radius 3 is 2.46 bits per heavy atom. The fraction of sp³-hybridized carbons (Fsp3) is 0.364. The van der Waals surface area contributed by atoms with Crippen LogP contribution >= 0.6 is 0 Å². The SMILES string of the molecule is CCN(C(=O)C1CC(=O)N(Cc2cccc(C)c2)C1)c1cccc(C)c1. The van der Waals surface area contributed by atoms with E-state index in [2.05, 4.69) is 6.07 Å². The summed E-state index contributed by atoms with van der Waals surface area (Å²) in [5.74, 6) is -0.170. The predicted molar refractivity (Wildman–Crippen MR) is 104 cm³/mol. The van der Waals surface area contributed by atoms with Crippen molar-refractivity contribution in [3.63, 3.8) is 0 Å². The third-order valence-electron chi connectivity index (χ3n) is 4.92. The molecule has 0 aromatic heterocycles. The molecule has 0 spiro atoms. The van der Waals surface area contributed by atoms with Crippen molar-refractivity contribution in [2.75, 3.05) is 18.0 Å². The van der Waals surface area contributed by atoms with Gasteiger partial charge in [0.15, 0.2) is 0 Å². The molecule has 4 heteroatoms. The van der Waals surface area contributed by atoms with E-state index >= 15 is 0 Å². The van der Waals surface area contributed by atoms with E-state index in [9.17, 15) is 9.59 Å². The second kappa shape index (κ2) is 7.73. The van der Waals surface area contributed by atoms with Gasteiger partial charge in [-0.3, -0.25) is 9.59 Å². The number of aryl methyl sites for hydroxylation is 2. The van der Waals surface area contributed by atoms with E-state index in [1.54, 1.807) is 9.80 Å². The lowest BCUT2D eigenvalue weighted by molar-refractivity contribution is -0.128. The first-order valence-corrected chi connectivity index (χ1v) is 9.19. The highest BCUT2D eigenvalue weighted by Gasteiger charge is 2.36. The van der Waals surface area contributed by atoms with Crippen molar-refractivity contribution in [2.45, 2.75) is 33.7 Å². The van der Waals surface area contributed by atoms with E-state index in [0.29, 0.717) is 26.1 Å². The summed E-state index contributed by atoms with van der Waals surface area (Å²) in [6.07, 6.45) is 0.299. The summed E-state index contributed by atoms with van der Waals surface area (Å²) in [6.45, 7) is 7.70. The standard InChI is InChI=1S/C22H26N2O2/c1-4-24(20-10-6-8-17(3)12-20)22(26)19-13-21(25)23(15-19)14-18-9-5-7-16(2)11-18/h5-12,19H,4,13-15H2,1-3H3. The molecule has 1 saturated heterocycles. The number of anilines is 1. The zero-order valence-corrected chi connectivity index (χ0v) is 15.7. The van der Waals surface area contributed by atoms with Crippen molar-refractivity contribution < 1.29 is 9.59 Å². The smallest absolute Gasteiger partial charge is 0.232 e. The van der Waals surface area contributed by atoms with Gasteiger partial charge in [-0.1, -0.05) is 42.0 Å². The average molecular weight is 350 g/mol. The molecule has 1 unspecified atom stereocenters. The third kappa shape index (κ3) is 3.96. The molecule has 0 radical (unpaired) electrons. The molecule has 1 aliphatic rings. The van der Waals surface area contributed by atoms with E-state index in [0.717, 1.165) is 16.8 Å². The topological polar surface area (TPSA) is 40.6 Å².